The molecule has 2 heterocycles. The number of hydrogen-bond donors (Lipinski definition) is 1. The van der Waals surface area contributed by atoms with Crippen LogP contribution < -0.4 is 5.32 Å². The van der Waals surface area contributed by atoms with Crippen LogP contribution in [0.3, 0.4) is 0 Å². The molecule has 1 N–H and O–H groups in total. The molecule has 0 fully saturated rings. The van der Waals surface area contributed by atoms with Crippen LogP contribution in [0.1, 0.15) is 30.9 Å². The van der Waals surface area contributed by atoms with Crippen LogP contribution in [0.25, 0.3) is 0 Å². The molecule has 0 aliphatic carbocycles. The first-order valence-corrected chi connectivity index (χ1v) is 6.83. The van der Waals surface area contributed by atoms with Crippen LogP contribution >= 0.6 is 0 Å². The van der Waals surface area contributed by atoms with E-state index in [0.29, 0.717) is 0 Å². The number of nitrogens with zero attached hydrogens (tertiary/aromatic N) is 1. The van der Waals surface area contributed by atoms with Gasteiger partial charge in [0.2, 0.25) is 0 Å². The highest BCUT2D eigenvalue weighted by Gasteiger charge is 2.09. The minimum absolute atomic E-state index is 0.809. The fourth-order valence-electron chi connectivity index (χ4n) is 1.99. The quantitative estimate of drug-likeness (QED) is 0.794. The summed E-state index contributed by atoms with van der Waals surface area (Å²) in [6, 6.07) is 6.04. The summed E-state index contributed by atoms with van der Waals surface area (Å²) in [7, 11) is 0. The zero-order valence-corrected chi connectivity index (χ0v) is 11.7. The highest BCUT2D eigenvalue weighted by Crippen LogP contribution is 2.13. The third-order valence-electron chi connectivity index (χ3n) is 3.07. The molecule has 4 heteroatoms. The molecule has 0 unspecified atom stereocenters. The summed E-state index contributed by atoms with van der Waals surface area (Å²) in [6.07, 6.45) is 3.54. The van der Waals surface area contributed by atoms with E-state index < -0.39 is 0 Å². The van der Waals surface area contributed by atoms with Gasteiger partial charge in [0, 0.05) is 12.1 Å². The van der Waals surface area contributed by atoms with Crippen LogP contribution in [0, 0.1) is 0 Å². The Morgan fingerprint density at radius 1 is 1.16 bits per heavy atom. The van der Waals surface area contributed by atoms with Gasteiger partial charge in [-0.2, -0.15) is 0 Å². The molecular formula is C15H22N2O2. The lowest BCUT2D eigenvalue weighted by Crippen LogP contribution is -2.21. The molecule has 2 aromatic heterocycles. The number of nitrogens with one attached hydrogen (secondary N) is 1. The van der Waals surface area contributed by atoms with Gasteiger partial charge < -0.3 is 14.2 Å². The largest absolute Gasteiger partial charge is 0.468 e. The average molecular weight is 262 g/mol. The summed E-state index contributed by atoms with van der Waals surface area (Å²) in [5, 5.41) is 3.29. The molecule has 0 aliphatic rings. The first-order chi connectivity index (χ1) is 9.31. The fourth-order valence-corrected chi connectivity index (χ4v) is 1.99. The van der Waals surface area contributed by atoms with Crippen LogP contribution in [0.15, 0.2) is 39.6 Å². The van der Waals surface area contributed by atoms with E-state index in [0.717, 1.165) is 44.2 Å². The maximum Gasteiger partial charge on any atom is 0.118 e. The van der Waals surface area contributed by atoms with Gasteiger partial charge in [-0.3, -0.25) is 4.90 Å². The Kier molecular flexibility index (Phi) is 5.24. The molecule has 104 valence electrons. The van der Waals surface area contributed by atoms with Crippen LogP contribution in [0.5, 0.6) is 0 Å². The second kappa shape index (κ2) is 7.16. The van der Waals surface area contributed by atoms with E-state index in [1.165, 1.54) is 5.56 Å². The van der Waals surface area contributed by atoms with Gasteiger partial charge in [-0.1, -0.05) is 13.8 Å². The minimum atomic E-state index is 0.809. The number of rotatable bonds is 8. The van der Waals surface area contributed by atoms with Crippen molar-refractivity contribution < 1.29 is 8.83 Å². The molecule has 0 saturated heterocycles. The Morgan fingerprint density at radius 2 is 2.00 bits per heavy atom. The predicted octanol–water partition coefficient (Wildman–Crippen LogP) is 3.00. The fraction of sp³-hybridized carbons (Fsp3) is 0.467. The van der Waals surface area contributed by atoms with Gasteiger partial charge in [0.05, 0.1) is 25.6 Å². The second-order valence-corrected chi connectivity index (χ2v) is 4.58. The molecule has 19 heavy (non-hydrogen) atoms. The third-order valence-corrected chi connectivity index (χ3v) is 3.07. The van der Waals surface area contributed by atoms with Crippen LogP contribution in [-0.2, 0) is 19.6 Å². The monoisotopic (exact) mass is 262 g/mol. The van der Waals surface area contributed by atoms with Gasteiger partial charge in [0.25, 0.3) is 0 Å². The van der Waals surface area contributed by atoms with E-state index in [4.69, 9.17) is 8.83 Å². The SMILES string of the molecule is CCNCc1coc(CN(CC)Cc2ccco2)c1. The van der Waals surface area contributed by atoms with E-state index in [9.17, 15) is 0 Å². The molecule has 2 rings (SSSR count). The van der Waals surface area contributed by atoms with E-state index >= 15 is 0 Å². The summed E-state index contributed by atoms with van der Waals surface area (Å²) in [6.45, 7) is 8.67. The summed E-state index contributed by atoms with van der Waals surface area (Å²) >= 11 is 0. The molecule has 0 bridgehead atoms. The van der Waals surface area contributed by atoms with Crippen LogP contribution in [0.2, 0.25) is 0 Å². The first kappa shape index (κ1) is 13.9. The van der Waals surface area contributed by atoms with Crippen molar-refractivity contribution >= 4 is 0 Å². The van der Waals surface area contributed by atoms with Gasteiger partial charge in [-0.25, -0.2) is 0 Å². The molecule has 0 aliphatic heterocycles. The summed E-state index contributed by atoms with van der Waals surface area (Å²) in [4.78, 5) is 2.29. The Labute approximate surface area is 114 Å². The summed E-state index contributed by atoms with van der Waals surface area (Å²) in [5.74, 6) is 1.99. The number of furan rings is 2. The molecule has 2 aromatic rings. The van der Waals surface area contributed by atoms with Crippen molar-refractivity contribution in [3.8, 4) is 0 Å². The van der Waals surface area contributed by atoms with E-state index in [1.54, 1.807) is 6.26 Å². The Balaban J connectivity index is 1.88. The maximum absolute atomic E-state index is 5.60. The Morgan fingerprint density at radius 3 is 2.68 bits per heavy atom. The number of hydrogen-bond acceptors (Lipinski definition) is 4. The minimum Gasteiger partial charge on any atom is -0.468 e. The summed E-state index contributed by atoms with van der Waals surface area (Å²) < 4.78 is 11.0. The van der Waals surface area contributed by atoms with Crippen LogP contribution in [-0.4, -0.2) is 18.0 Å². The standard InChI is InChI=1S/C15H22N2O2/c1-3-16-9-13-8-15(19-12-13)11-17(4-2)10-14-6-5-7-18-14/h5-8,12,16H,3-4,9-11H2,1-2H3. The van der Waals surface area contributed by atoms with Gasteiger partial charge >= 0.3 is 0 Å². The smallest absolute Gasteiger partial charge is 0.118 e. The van der Waals surface area contributed by atoms with Crippen LogP contribution in [0.4, 0.5) is 0 Å². The third kappa shape index (κ3) is 4.26. The lowest BCUT2D eigenvalue weighted by molar-refractivity contribution is 0.229. The Hall–Kier alpha value is -1.52. The van der Waals surface area contributed by atoms with Gasteiger partial charge in [0.15, 0.2) is 0 Å². The normalized spacial score (nSPS) is 11.3. The van der Waals surface area contributed by atoms with Crippen molar-refractivity contribution in [1.82, 2.24) is 10.2 Å². The average Bonchev–Trinajstić information content (AvgIpc) is 3.07. The van der Waals surface area contributed by atoms with Crippen molar-refractivity contribution in [2.24, 2.45) is 0 Å². The zero-order chi connectivity index (χ0) is 13.5. The van der Waals surface area contributed by atoms with Gasteiger partial charge in [0.1, 0.15) is 11.5 Å². The second-order valence-electron chi connectivity index (χ2n) is 4.58. The topological polar surface area (TPSA) is 41.6 Å². The van der Waals surface area contributed by atoms with E-state index in [-0.39, 0.29) is 0 Å². The molecule has 0 atom stereocenters. The van der Waals surface area contributed by atoms with E-state index in [1.807, 2.05) is 18.4 Å². The summed E-state index contributed by atoms with van der Waals surface area (Å²) in [5.41, 5.74) is 1.20. The molecule has 4 nitrogen and oxygen atoms in total. The lowest BCUT2D eigenvalue weighted by atomic mass is 10.3. The highest BCUT2D eigenvalue weighted by atomic mass is 16.3. The van der Waals surface area contributed by atoms with Crippen molar-refractivity contribution in [3.05, 3.63) is 47.8 Å². The molecule has 0 radical (unpaired) electrons. The molecule has 0 aromatic carbocycles. The predicted molar refractivity (Wildman–Crippen MR) is 74.6 cm³/mol. The van der Waals surface area contributed by atoms with Gasteiger partial charge in [-0.15, -0.1) is 0 Å². The first-order valence-electron chi connectivity index (χ1n) is 6.83. The molecular weight excluding hydrogens is 240 g/mol. The van der Waals surface area contributed by atoms with Gasteiger partial charge in [-0.05, 0) is 31.3 Å². The van der Waals surface area contributed by atoms with Crippen molar-refractivity contribution in [2.45, 2.75) is 33.5 Å². The maximum atomic E-state index is 5.60. The zero-order valence-electron chi connectivity index (χ0n) is 11.7. The van der Waals surface area contributed by atoms with E-state index in [2.05, 4.69) is 30.1 Å². The lowest BCUT2D eigenvalue weighted by Gasteiger charge is -2.17. The highest BCUT2D eigenvalue weighted by molar-refractivity contribution is 5.12. The molecule has 0 amide bonds. The van der Waals surface area contributed by atoms with Crippen molar-refractivity contribution in [1.29, 1.82) is 0 Å². The Bertz CT molecular complexity index is 462. The molecule has 0 saturated carbocycles. The van der Waals surface area contributed by atoms with Crippen molar-refractivity contribution in [3.63, 3.8) is 0 Å². The van der Waals surface area contributed by atoms with Crippen molar-refractivity contribution in [2.75, 3.05) is 13.1 Å². The molecule has 0 spiro atoms.